The van der Waals surface area contributed by atoms with Gasteiger partial charge in [0.25, 0.3) is 0 Å². The third-order valence-electron chi connectivity index (χ3n) is 3.89. The number of urea groups is 1. The lowest BCUT2D eigenvalue weighted by atomic mass is 9.97. The van der Waals surface area contributed by atoms with Crippen LogP contribution in [0.3, 0.4) is 0 Å². The molecule has 5 nitrogen and oxygen atoms in total. The van der Waals surface area contributed by atoms with E-state index in [9.17, 15) is 4.79 Å². The summed E-state index contributed by atoms with van der Waals surface area (Å²) in [5.41, 5.74) is 1.25. The highest BCUT2D eigenvalue weighted by molar-refractivity contribution is 5.74. The van der Waals surface area contributed by atoms with Gasteiger partial charge < -0.3 is 20.1 Å². The smallest absolute Gasteiger partial charge is 0.317 e. The average Bonchev–Trinajstić information content (AvgIpc) is 2.56. The molecule has 0 saturated carbocycles. The van der Waals surface area contributed by atoms with Crippen molar-refractivity contribution >= 4 is 6.03 Å². The van der Waals surface area contributed by atoms with Crippen LogP contribution in [0.25, 0.3) is 0 Å². The fourth-order valence-electron chi connectivity index (χ4n) is 2.56. The van der Waals surface area contributed by atoms with E-state index in [0.717, 1.165) is 6.42 Å². The highest BCUT2D eigenvalue weighted by Crippen LogP contribution is 2.18. The van der Waals surface area contributed by atoms with Gasteiger partial charge in [-0.15, -0.1) is 0 Å². The third kappa shape index (κ3) is 4.44. The summed E-state index contributed by atoms with van der Waals surface area (Å²) in [6, 6.07) is 10.2. The van der Waals surface area contributed by atoms with Crippen molar-refractivity contribution < 1.29 is 14.6 Å². The van der Waals surface area contributed by atoms with Crippen molar-refractivity contribution in [3.05, 3.63) is 35.9 Å². The van der Waals surface area contributed by atoms with Crippen molar-refractivity contribution in [1.29, 1.82) is 0 Å². The van der Waals surface area contributed by atoms with E-state index in [2.05, 4.69) is 24.4 Å². The van der Waals surface area contributed by atoms with Gasteiger partial charge in [-0.3, -0.25) is 0 Å². The Bertz CT molecular complexity index is 438. The summed E-state index contributed by atoms with van der Waals surface area (Å²) in [4.78, 5) is 13.9. The van der Waals surface area contributed by atoms with Crippen LogP contribution in [0.4, 0.5) is 4.79 Å². The number of rotatable bonds is 5. The van der Waals surface area contributed by atoms with Gasteiger partial charge in [0.1, 0.15) is 0 Å². The van der Waals surface area contributed by atoms with Crippen LogP contribution < -0.4 is 5.32 Å². The lowest BCUT2D eigenvalue weighted by Gasteiger charge is -2.32. The summed E-state index contributed by atoms with van der Waals surface area (Å²) < 4.78 is 5.35. The maximum atomic E-state index is 12.2. The molecule has 2 N–H and O–H groups in total. The number of hydrogen-bond acceptors (Lipinski definition) is 3. The number of amides is 2. The van der Waals surface area contributed by atoms with Gasteiger partial charge in [0.05, 0.1) is 25.9 Å². The Morgan fingerprint density at radius 2 is 2.24 bits per heavy atom. The van der Waals surface area contributed by atoms with Crippen molar-refractivity contribution in [2.75, 3.05) is 32.8 Å². The summed E-state index contributed by atoms with van der Waals surface area (Å²) >= 11 is 0. The minimum absolute atomic E-state index is 0.0502. The van der Waals surface area contributed by atoms with Gasteiger partial charge in [0, 0.05) is 19.0 Å². The summed E-state index contributed by atoms with van der Waals surface area (Å²) in [7, 11) is 0. The quantitative estimate of drug-likeness (QED) is 0.866. The maximum absolute atomic E-state index is 12.2. The van der Waals surface area contributed by atoms with E-state index >= 15 is 0 Å². The molecule has 116 valence electrons. The second-order valence-electron chi connectivity index (χ2n) is 5.32. The van der Waals surface area contributed by atoms with Crippen LogP contribution in [0.15, 0.2) is 30.3 Å². The fourth-order valence-corrected chi connectivity index (χ4v) is 2.56. The number of benzene rings is 1. The summed E-state index contributed by atoms with van der Waals surface area (Å²) in [5.74, 6) is 0.324. The predicted molar refractivity (Wildman–Crippen MR) is 81.3 cm³/mol. The van der Waals surface area contributed by atoms with E-state index in [1.807, 2.05) is 18.2 Å². The molecular formula is C16H24N2O3. The number of carbonyl (C=O) groups excluding carboxylic acids is 1. The van der Waals surface area contributed by atoms with E-state index in [1.54, 1.807) is 4.90 Å². The highest BCUT2D eigenvalue weighted by atomic mass is 16.5. The molecule has 0 radical (unpaired) electrons. The van der Waals surface area contributed by atoms with Crippen molar-refractivity contribution in [2.45, 2.75) is 25.4 Å². The Kier molecular flexibility index (Phi) is 6.02. The lowest BCUT2D eigenvalue weighted by Crippen LogP contribution is -2.51. The van der Waals surface area contributed by atoms with Gasteiger partial charge >= 0.3 is 6.03 Å². The van der Waals surface area contributed by atoms with Crippen LogP contribution in [0.5, 0.6) is 0 Å². The minimum atomic E-state index is -0.263. The second kappa shape index (κ2) is 8.00. The van der Waals surface area contributed by atoms with Gasteiger partial charge in [0.15, 0.2) is 0 Å². The Morgan fingerprint density at radius 3 is 2.90 bits per heavy atom. The molecule has 2 atom stereocenters. The standard InChI is InChI=1S/C16H24N2O3/c1-2-13(14-6-4-3-5-7-14)10-17-16(20)18-8-9-21-15(11-18)12-19/h3-7,13,15,19H,2,8-12H2,1H3,(H,17,20)/t13-,15-/m1/s1. The number of aliphatic hydroxyl groups is 1. The molecule has 0 aliphatic carbocycles. The molecule has 1 fully saturated rings. The monoisotopic (exact) mass is 292 g/mol. The Hall–Kier alpha value is -1.59. The fraction of sp³-hybridized carbons (Fsp3) is 0.562. The lowest BCUT2D eigenvalue weighted by molar-refractivity contribution is -0.0402. The molecule has 0 unspecified atom stereocenters. The Morgan fingerprint density at radius 1 is 1.48 bits per heavy atom. The molecule has 1 saturated heterocycles. The zero-order chi connectivity index (χ0) is 15.1. The van der Waals surface area contributed by atoms with Crippen LogP contribution >= 0.6 is 0 Å². The summed E-state index contributed by atoms with van der Waals surface area (Å²) in [6.45, 7) is 4.20. The normalized spacial score (nSPS) is 20.1. The molecule has 2 rings (SSSR count). The number of carbonyl (C=O) groups is 1. The van der Waals surface area contributed by atoms with Crippen molar-refractivity contribution in [3.8, 4) is 0 Å². The van der Waals surface area contributed by atoms with Crippen LogP contribution in [-0.4, -0.2) is 55.0 Å². The molecule has 0 bridgehead atoms. The third-order valence-corrected chi connectivity index (χ3v) is 3.89. The average molecular weight is 292 g/mol. The number of hydrogen-bond donors (Lipinski definition) is 2. The van der Waals surface area contributed by atoms with Gasteiger partial charge in [-0.05, 0) is 12.0 Å². The first-order valence-corrected chi connectivity index (χ1v) is 7.54. The van der Waals surface area contributed by atoms with Crippen LogP contribution in [0.1, 0.15) is 24.8 Å². The first kappa shape index (κ1) is 15.8. The summed E-state index contributed by atoms with van der Waals surface area (Å²) in [6.07, 6.45) is 0.716. The first-order valence-electron chi connectivity index (χ1n) is 7.54. The van der Waals surface area contributed by atoms with Gasteiger partial charge in [-0.2, -0.15) is 0 Å². The Labute approximate surface area is 125 Å². The largest absolute Gasteiger partial charge is 0.394 e. The molecule has 1 aromatic carbocycles. The van der Waals surface area contributed by atoms with Gasteiger partial charge in [0.2, 0.25) is 0 Å². The van der Waals surface area contributed by atoms with E-state index in [-0.39, 0.29) is 18.7 Å². The van der Waals surface area contributed by atoms with E-state index in [0.29, 0.717) is 32.2 Å². The second-order valence-corrected chi connectivity index (χ2v) is 5.32. The van der Waals surface area contributed by atoms with Gasteiger partial charge in [-0.1, -0.05) is 37.3 Å². The molecule has 1 aromatic rings. The zero-order valence-electron chi connectivity index (χ0n) is 12.5. The molecule has 1 heterocycles. The molecule has 0 aromatic heterocycles. The van der Waals surface area contributed by atoms with Crippen LogP contribution in [0.2, 0.25) is 0 Å². The van der Waals surface area contributed by atoms with E-state index in [4.69, 9.17) is 9.84 Å². The first-order chi connectivity index (χ1) is 10.2. The van der Waals surface area contributed by atoms with E-state index < -0.39 is 0 Å². The number of nitrogens with zero attached hydrogens (tertiary/aromatic N) is 1. The van der Waals surface area contributed by atoms with Crippen molar-refractivity contribution in [3.63, 3.8) is 0 Å². The number of morpholine rings is 1. The number of ether oxygens (including phenoxy) is 1. The van der Waals surface area contributed by atoms with E-state index in [1.165, 1.54) is 5.56 Å². The molecule has 1 aliphatic rings. The molecule has 0 spiro atoms. The Balaban J connectivity index is 1.85. The van der Waals surface area contributed by atoms with Crippen molar-refractivity contribution in [1.82, 2.24) is 10.2 Å². The van der Waals surface area contributed by atoms with Crippen LogP contribution in [0, 0.1) is 0 Å². The topological polar surface area (TPSA) is 61.8 Å². The SMILES string of the molecule is CC[C@H](CNC(=O)N1CCO[C@@H](CO)C1)c1ccccc1. The number of nitrogens with one attached hydrogen (secondary N) is 1. The molecule has 2 amide bonds. The van der Waals surface area contributed by atoms with Crippen molar-refractivity contribution in [2.24, 2.45) is 0 Å². The maximum Gasteiger partial charge on any atom is 0.317 e. The summed E-state index contributed by atoms with van der Waals surface area (Å²) in [5, 5.41) is 12.1. The van der Waals surface area contributed by atoms with Crippen LogP contribution in [-0.2, 0) is 4.74 Å². The molecule has 21 heavy (non-hydrogen) atoms. The molecular weight excluding hydrogens is 268 g/mol. The molecule has 5 heteroatoms. The zero-order valence-corrected chi connectivity index (χ0v) is 12.5. The minimum Gasteiger partial charge on any atom is -0.394 e. The van der Waals surface area contributed by atoms with Gasteiger partial charge in [-0.25, -0.2) is 4.79 Å². The highest BCUT2D eigenvalue weighted by Gasteiger charge is 2.24. The number of aliphatic hydroxyl groups excluding tert-OH is 1. The molecule has 1 aliphatic heterocycles. The predicted octanol–water partition coefficient (Wildman–Crippen LogP) is 1.58.